The van der Waals surface area contributed by atoms with Crippen LogP contribution in [0, 0.1) is 0 Å². The van der Waals surface area contributed by atoms with Gasteiger partial charge in [0.1, 0.15) is 6.10 Å². The predicted octanol–water partition coefficient (Wildman–Crippen LogP) is 1.15. The second-order valence-electron chi connectivity index (χ2n) is 6.36. The molecule has 4 rings (SSSR count). The summed E-state index contributed by atoms with van der Waals surface area (Å²) in [6.07, 6.45) is 2.66. The van der Waals surface area contributed by atoms with E-state index in [1.807, 2.05) is 0 Å². The van der Waals surface area contributed by atoms with Crippen molar-refractivity contribution >= 4 is 21.1 Å². The highest BCUT2D eigenvalue weighted by Gasteiger charge is 2.32. The maximum absolute atomic E-state index is 13.1. The van der Waals surface area contributed by atoms with Gasteiger partial charge in [-0.3, -0.25) is 4.57 Å². The molecule has 9 nitrogen and oxygen atoms in total. The number of aryl methyl sites for hydroxylation is 1. The summed E-state index contributed by atoms with van der Waals surface area (Å²) in [5.74, 6) is -0.161. The number of benzene rings is 1. The molecule has 10 heteroatoms. The van der Waals surface area contributed by atoms with Crippen molar-refractivity contribution in [1.82, 2.24) is 19.1 Å². The molecule has 1 aliphatic rings. The molecule has 0 saturated carbocycles. The Balaban J connectivity index is 1.59. The Morgan fingerprint density at radius 3 is 2.93 bits per heavy atom. The van der Waals surface area contributed by atoms with Gasteiger partial charge in [-0.05, 0) is 37.1 Å². The molecule has 0 unspecified atom stereocenters. The second-order valence-corrected chi connectivity index (χ2v) is 8.30. The monoisotopic (exact) mass is 390 g/mol. The minimum Gasteiger partial charge on any atom is -0.472 e. The molecule has 0 amide bonds. The van der Waals surface area contributed by atoms with Gasteiger partial charge in [0.2, 0.25) is 15.9 Å². The van der Waals surface area contributed by atoms with Crippen LogP contribution in [-0.2, 0) is 17.1 Å². The molecule has 0 aliphatic carbocycles. The SMILES string of the molecule is Cn1c(=O)oc2ccc(S(=O)(=O)N3CCC[C@@H](Oc4cccnn4)C3)cc21. The van der Waals surface area contributed by atoms with Crippen molar-refractivity contribution in [3.05, 3.63) is 47.1 Å². The van der Waals surface area contributed by atoms with Gasteiger partial charge in [-0.2, -0.15) is 9.40 Å². The topological polar surface area (TPSA) is 108 Å². The maximum Gasteiger partial charge on any atom is 0.419 e. The van der Waals surface area contributed by atoms with Crippen LogP contribution in [0.15, 0.2) is 50.6 Å². The average Bonchev–Trinajstić information content (AvgIpc) is 2.96. The number of aromatic nitrogens is 3. The van der Waals surface area contributed by atoms with Crippen molar-refractivity contribution in [1.29, 1.82) is 0 Å². The third-order valence-corrected chi connectivity index (χ3v) is 6.44. The molecule has 0 bridgehead atoms. The van der Waals surface area contributed by atoms with Crippen molar-refractivity contribution < 1.29 is 17.6 Å². The van der Waals surface area contributed by atoms with Crippen molar-refractivity contribution in [3.63, 3.8) is 0 Å². The highest BCUT2D eigenvalue weighted by Crippen LogP contribution is 2.25. The minimum atomic E-state index is -3.73. The van der Waals surface area contributed by atoms with Gasteiger partial charge in [0.25, 0.3) is 0 Å². The lowest BCUT2D eigenvalue weighted by Crippen LogP contribution is -2.44. The van der Waals surface area contributed by atoms with Crippen molar-refractivity contribution in [3.8, 4) is 5.88 Å². The number of hydrogen-bond acceptors (Lipinski definition) is 7. The van der Waals surface area contributed by atoms with Gasteiger partial charge >= 0.3 is 5.76 Å². The van der Waals surface area contributed by atoms with E-state index in [0.29, 0.717) is 29.9 Å². The van der Waals surface area contributed by atoms with E-state index in [1.165, 1.54) is 34.1 Å². The van der Waals surface area contributed by atoms with Crippen molar-refractivity contribution in [2.24, 2.45) is 7.05 Å². The molecule has 0 radical (unpaired) electrons. The molecule has 27 heavy (non-hydrogen) atoms. The number of hydrogen-bond donors (Lipinski definition) is 0. The van der Waals surface area contributed by atoms with Gasteiger partial charge in [0.15, 0.2) is 5.58 Å². The maximum atomic E-state index is 13.1. The van der Waals surface area contributed by atoms with Crippen LogP contribution in [-0.4, -0.2) is 46.7 Å². The number of nitrogens with zero attached hydrogens (tertiary/aromatic N) is 4. The summed E-state index contributed by atoms with van der Waals surface area (Å²) in [5.41, 5.74) is 0.786. The first-order chi connectivity index (χ1) is 12.9. The fourth-order valence-electron chi connectivity index (χ4n) is 3.16. The normalized spacial score (nSPS) is 18.6. The quantitative estimate of drug-likeness (QED) is 0.658. The Bertz CT molecular complexity index is 1120. The molecule has 1 aromatic carbocycles. The molecule has 3 aromatic rings. The predicted molar refractivity (Wildman–Crippen MR) is 95.9 cm³/mol. The molecule has 1 saturated heterocycles. The van der Waals surface area contributed by atoms with Crippen LogP contribution in [0.25, 0.3) is 11.1 Å². The van der Waals surface area contributed by atoms with Crippen LogP contribution in [0.4, 0.5) is 0 Å². The molecule has 142 valence electrons. The first-order valence-corrected chi connectivity index (χ1v) is 9.93. The molecule has 1 aliphatic heterocycles. The van der Waals surface area contributed by atoms with E-state index < -0.39 is 15.8 Å². The zero-order valence-corrected chi connectivity index (χ0v) is 15.4. The van der Waals surface area contributed by atoms with Gasteiger partial charge in [0.05, 0.1) is 17.0 Å². The zero-order valence-electron chi connectivity index (χ0n) is 14.6. The van der Waals surface area contributed by atoms with Crippen LogP contribution in [0.1, 0.15) is 12.8 Å². The van der Waals surface area contributed by atoms with E-state index in [9.17, 15) is 13.2 Å². The molecule has 1 atom stereocenters. The number of rotatable bonds is 4. The third kappa shape index (κ3) is 3.33. The van der Waals surface area contributed by atoms with Gasteiger partial charge in [0, 0.05) is 25.9 Å². The van der Waals surface area contributed by atoms with E-state index in [2.05, 4.69) is 10.2 Å². The van der Waals surface area contributed by atoms with Crippen LogP contribution in [0.2, 0.25) is 0 Å². The summed E-state index contributed by atoms with van der Waals surface area (Å²) in [6.45, 7) is 0.631. The average molecular weight is 390 g/mol. The Morgan fingerprint density at radius 1 is 1.30 bits per heavy atom. The molecular formula is C17H18N4O5S. The largest absolute Gasteiger partial charge is 0.472 e. The van der Waals surface area contributed by atoms with Crippen molar-refractivity contribution in [2.45, 2.75) is 23.8 Å². The van der Waals surface area contributed by atoms with Gasteiger partial charge < -0.3 is 9.15 Å². The van der Waals surface area contributed by atoms with Crippen LogP contribution >= 0.6 is 0 Å². The van der Waals surface area contributed by atoms with E-state index in [1.54, 1.807) is 18.3 Å². The Hall–Kier alpha value is -2.72. The lowest BCUT2D eigenvalue weighted by Gasteiger charge is -2.31. The van der Waals surface area contributed by atoms with Crippen LogP contribution < -0.4 is 10.5 Å². The fraction of sp³-hybridized carbons (Fsp3) is 0.353. The second kappa shape index (κ2) is 6.78. The number of oxazole rings is 1. The molecular weight excluding hydrogens is 372 g/mol. The fourth-order valence-corrected chi connectivity index (χ4v) is 4.69. The standard InChI is InChI=1S/C17H18N4O5S/c1-20-14-10-13(6-7-15(14)26-17(20)22)27(23,24)21-9-3-4-12(11-21)25-16-5-2-8-18-19-16/h2,5-8,10,12H,3-4,9,11H2,1H3/t12-/m1/s1. The van der Waals surface area contributed by atoms with Gasteiger partial charge in [-0.25, -0.2) is 13.2 Å². The zero-order chi connectivity index (χ0) is 19.0. The first kappa shape index (κ1) is 17.7. The number of sulfonamides is 1. The van der Waals surface area contributed by atoms with Gasteiger partial charge in [-0.1, -0.05) is 0 Å². The first-order valence-electron chi connectivity index (χ1n) is 8.49. The lowest BCUT2D eigenvalue weighted by atomic mass is 10.1. The van der Waals surface area contributed by atoms with E-state index in [4.69, 9.17) is 9.15 Å². The summed E-state index contributed by atoms with van der Waals surface area (Å²) in [7, 11) is -2.19. The summed E-state index contributed by atoms with van der Waals surface area (Å²) in [6, 6.07) is 7.81. The van der Waals surface area contributed by atoms with Crippen LogP contribution in [0.5, 0.6) is 5.88 Å². The minimum absolute atomic E-state index is 0.117. The number of fused-ring (bicyclic) bond motifs is 1. The number of ether oxygens (including phenoxy) is 1. The molecule has 0 N–H and O–H groups in total. The molecule has 2 aromatic heterocycles. The summed E-state index contributed by atoms with van der Waals surface area (Å²) < 4.78 is 39.7. The third-order valence-electron chi connectivity index (χ3n) is 4.58. The van der Waals surface area contributed by atoms with E-state index >= 15 is 0 Å². The van der Waals surface area contributed by atoms with E-state index in [-0.39, 0.29) is 17.5 Å². The highest BCUT2D eigenvalue weighted by molar-refractivity contribution is 7.89. The molecule has 0 spiro atoms. The van der Waals surface area contributed by atoms with Gasteiger partial charge in [-0.15, -0.1) is 5.10 Å². The summed E-state index contributed by atoms with van der Waals surface area (Å²) in [5, 5.41) is 7.64. The highest BCUT2D eigenvalue weighted by atomic mass is 32.2. The Morgan fingerprint density at radius 2 is 2.15 bits per heavy atom. The molecule has 1 fully saturated rings. The Kier molecular flexibility index (Phi) is 4.44. The summed E-state index contributed by atoms with van der Waals surface area (Å²) in [4.78, 5) is 11.7. The summed E-state index contributed by atoms with van der Waals surface area (Å²) >= 11 is 0. The number of piperidine rings is 1. The lowest BCUT2D eigenvalue weighted by molar-refractivity contribution is 0.123. The smallest absolute Gasteiger partial charge is 0.419 e. The van der Waals surface area contributed by atoms with E-state index in [0.717, 1.165) is 6.42 Å². The van der Waals surface area contributed by atoms with Crippen molar-refractivity contribution in [2.75, 3.05) is 13.1 Å². The molecule has 3 heterocycles. The van der Waals surface area contributed by atoms with Crippen LogP contribution in [0.3, 0.4) is 0 Å². The Labute approximate surface area is 155 Å².